The number of rotatable bonds is 4. The third-order valence-corrected chi connectivity index (χ3v) is 2.72. The lowest BCUT2D eigenvalue weighted by atomic mass is 10.2. The molecule has 2 aromatic rings. The number of amides is 1. The summed E-state index contributed by atoms with van der Waals surface area (Å²) in [6.07, 6.45) is 4.14. The zero-order valence-electron chi connectivity index (χ0n) is 10.6. The van der Waals surface area contributed by atoms with Gasteiger partial charge in [-0.1, -0.05) is 6.07 Å². The third-order valence-electron chi connectivity index (χ3n) is 2.72. The Hall–Kier alpha value is -2.43. The van der Waals surface area contributed by atoms with Gasteiger partial charge in [-0.25, -0.2) is 0 Å². The number of hydrogen-bond donors (Lipinski definition) is 2. The second-order valence-corrected chi connectivity index (χ2v) is 4.25. The van der Waals surface area contributed by atoms with Crippen molar-refractivity contribution in [3.05, 3.63) is 63.8 Å². The van der Waals surface area contributed by atoms with E-state index in [2.05, 4.69) is 15.3 Å². The highest BCUT2D eigenvalue weighted by Crippen LogP contribution is 1.97. The van der Waals surface area contributed by atoms with Crippen LogP contribution in [0.25, 0.3) is 0 Å². The number of aromatic nitrogens is 2. The number of hydrogen-bond acceptors (Lipinski definition) is 3. The number of carbonyl (C=O) groups excluding carboxylic acids is 1. The van der Waals surface area contributed by atoms with Gasteiger partial charge in [-0.15, -0.1) is 0 Å². The monoisotopic (exact) mass is 257 g/mol. The summed E-state index contributed by atoms with van der Waals surface area (Å²) in [7, 11) is 0. The highest BCUT2D eigenvalue weighted by atomic mass is 16.2. The fourth-order valence-corrected chi connectivity index (χ4v) is 1.71. The molecule has 2 heterocycles. The van der Waals surface area contributed by atoms with E-state index in [9.17, 15) is 9.59 Å². The maximum atomic E-state index is 11.8. The van der Waals surface area contributed by atoms with Crippen LogP contribution in [-0.4, -0.2) is 22.4 Å². The molecule has 1 amide bonds. The molecule has 2 N–H and O–H groups in total. The van der Waals surface area contributed by atoms with Gasteiger partial charge in [-0.05, 0) is 37.1 Å². The lowest BCUT2D eigenvalue weighted by Crippen LogP contribution is -2.31. The van der Waals surface area contributed by atoms with Gasteiger partial charge in [0.05, 0.1) is 0 Å². The Balaban J connectivity index is 1.93. The Labute approximate surface area is 110 Å². The summed E-state index contributed by atoms with van der Waals surface area (Å²) < 4.78 is 0. The van der Waals surface area contributed by atoms with E-state index in [1.54, 1.807) is 25.4 Å². The van der Waals surface area contributed by atoms with Gasteiger partial charge in [0.15, 0.2) is 0 Å². The minimum atomic E-state index is -0.362. The summed E-state index contributed by atoms with van der Waals surface area (Å²) in [5.41, 5.74) is 1.55. The van der Waals surface area contributed by atoms with Gasteiger partial charge in [-0.2, -0.15) is 0 Å². The molecule has 0 saturated heterocycles. The van der Waals surface area contributed by atoms with E-state index in [0.717, 1.165) is 11.3 Å². The predicted octanol–water partition coefficient (Wildman–Crippen LogP) is 1.05. The minimum Gasteiger partial charge on any atom is -0.352 e. The molecule has 98 valence electrons. The van der Waals surface area contributed by atoms with Gasteiger partial charge in [0.2, 0.25) is 0 Å². The molecule has 0 unspecified atom stereocenters. The Kier molecular flexibility index (Phi) is 4.07. The van der Waals surface area contributed by atoms with Gasteiger partial charge in [-0.3, -0.25) is 14.6 Å². The van der Waals surface area contributed by atoms with Crippen LogP contribution in [0.1, 0.15) is 21.6 Å². The number of pyridine rings is 2. The first kappa shape index (κ1) is 13.0. The Morgan fingerprint density at radius 3 is 2.89 bits per heavy atom. The highest BCUT2D eigenvalue weighted by molar-refractivity contribution is 5.93. The number of nitrogens with zero attached hydrogens (tertiary/aromatic N) is 1. The molecule has 2 rings (SSSR count). The van der Waals surface area contributed by atoms with Crippen LogP contribution in [0.3, 0.4) is 0 Å². The average Bonchev–Trinajstić information content (AvgIpc) is 2.39. The zero-order valence-corrected chi connectivity index (χ0v) is 10.6. The zero-order chi connectivity index (χ0) is 13.7. The van der Waals surface area contributed by atoms with Crippen molar-refractivity contribution in [1.29, 1.82) is 0 Å². The van der Waals surface area contributed by atoms with Crippen LogP contribution < -0.4 is 10.9 Å². The molecule has 0 aliphatic heterocycles. The molecule has 0 fully saturated rings. The first-order chi connectivity index (χ1) is 9.16. The SMILES string of the molecule is Cc1ccc(C(=O)NCCc2cccnc2)c(=O)[nH]1. The fraction of sp³-hybridized carbons (Fsp3) is 0.214. The van der Waals surface area contributed by atoms with Gasteiger partial charge in [0.25, 0.3) is 11.5 Å². The Morgan fingerprint density at radius 1 is 1.37 bits per heavy atom. The maximum Gasteiger partial charge on any atom is 0.260 e. The summed E-state index contributed by atoms with van der Waals surface area (Å²) in [6.45, 7) is 2.24. The first-order valence-electron chi connectivity index (χ1n) is 6.04. The average molecular weight is 257 g/mol. The van der Waals surface area contributed by atoms with E-state index >= 15 is 0 Å². The quantitative estimate of drug-likeness (QED) is 0.859. The maximum absolute atomic E-state index is 11.8. The van der Waals surface area contributed by atoms with E-state index in [1.807, 2.05) is 12.1 Å². The topological polar surface area (TPSA) is 74.8 Å². The molecule has 0 atom stereocenters. The fourth-order valence-electron chi connectivity index (χ4n) is 1.71. The first-order valence-corrected chi connectivity index (χ1v) is 6.04. The van der Waals surface area contributed by atoms with Crippen molar-refractivity contribution in [1.82, 2.24) is 15.3 Å². The predicted molar refractivity (Wildman–Crippen MR) is 72.1 cm³/mol. The molecule has 0 bridgehead atoms. The minimum absolute atomic E-state index is 0.136. The van der Waals surface area contributed by atoms with Crippen LogP contribution in [0.4, 0.5) is 0 Å². The molecule has 0 spiro atoms. The summed E-state index contributed by atoms with van der Waals surface area (Å²) >= 11 is 0. The highest BCUT2D eigenvalue weighted by Gasteiger charge is 2.09. The number of aryl methyl sites for hydroxylation is 1. The van der Waals surface area contributed by atoms with E-state index in [1.165, 1.54) is 6.07 Å². The van der Waals surface area contributed by atoms with Crippen molar-refractivity contribution < 1.29 is 4.79 Å². The van der Waals surface area contributed by atoms with Crippen LogP contribution in [0, 0.1) is 6.92 Å². The van der Waals surface area contributed by atoms with Crippen molar-refractivity contribution in [2.24, 2.45) is 0 Å². The molecule has 0 aromatic carbocycles. The molecular weight excluding hydrogens is 242 g/mol. The van der Waals surface area contributed by atoms with Crippen LogP contribution >= 0.6 is 0 Å². The molecule has 0 aliphatic carbocycles. The van der Waals surface area contributed by atoms with Gasteiger partial charge in [0, 0.05) is 24.6 Å². The lowest BCUT2D eigenvalue weighted by molar-refractivity contribution is 0.0952. The van der Waals surface area contributed by atoms with Crippen molar-refractivity contribution in [2.45, 2.75) is 13.3 Å². The summed E-state index contributed by atoms with van der Waals surface area (Å²) in [6, 6.07) is 7.03. The second-order valence-electron chi connectivity index (χ2n) is 4.25. The molecule has 2 aromatic heterocycles. The Morgan fingerprint density at radius 2 is 2.21 bits per heavy atom. The Bertz CT molecular complexity index is 620. The van der Waals surface area contributed by atoms with Crippen LogP contribution in [0.2, 0.25) is 0 Å². The third kappa shape index (κ3) is 3.51. The van der Waals surface area contributed by atoms with Crippen molar-refractivity contribution in [3.8, 4) is 0 Å². The number of carbonyl (C=O) groups is 1. The van der Waals surface area contributed by atoms with Crippen molar-refractivity contribution >= 4 is 5.91 Å². The van der Waals surface area contributed by atoms with Crippen molar-refractivity contribution in [3.63, 3.8) is 0 Å². The summed E-state index contributed by atoms with van der Waals surface area (Å²) in [4.78, 5) is 30.0. The van der Waals surface area contributed by atoms with E-state index in [0.29, 0.717) is 13.0 Å². The number of aromatic amines is 1. The van der Waals surface area contributed by atoms with Crippen LogP contribution in [0.5, 0.6) is 0 Å². The second kappa shape index (κ2) is 5.95. The number of H-pyrrole nitrogens is 1. The largest absolute Gasteiger partial charge is 0.352 e. The van der Waals surface area contributed by atoms with E-state index in [-0.39, 0.29) is 17.0 Å². The summed E-state index contributed by atoms with van der Waals surface area (Å²) in [5, 5.41) is 2.72. The molecule has 5 nitrogen and oxygen atoms in total. The van der Waals surface area contributed by atoms with Crippen LogP contribution in [-0.2, 0) is 6.42 Å². The molecule has 0 aliphatic rings. The molecule has 0 saturated carbocycles. The van der Waals surface area contributed by atoms with Gasteiger partial charge >= 0.3 is 0 Å². The van der Waals surface area contributed by atoms with Crippen molar-refractivity contribution in [2.75, 3.05) is 6.54 Å². The standard InChI is InChI=1S/C14H15N3O2/c1-10-4-5-12(14(19)17-10)13(18)16-8-6-11-3-2-7-15-9-11/h2-5,7,9H,6,8H2,1H3,(H,16,18)(H,17,19). The molecular formula is C14H15N3O2. The van der Waals surface area contributed by atoms with E-state index in [4.69, 9.17) is 0 Å². The van der Waals surface area contributed by atoms with Gasteiger partial charge in [0.1, 0.15) is 5.56 Å². The molecule has 19 heavy (non-hydrogen) atoms. The van der Waals surface area contributed by atoms with Gasteiger partial charge < -0.3 is 10.3 Å². The smallest absolute Gasteiger partial charge is 0.260 e. The lowest BCUT2D eigenvalue weighted by Gasteiger charge is -2.05. The summed E-state index contributed by atoms with van der Waals surface area (Å²) in [5.74, 6) is -0.356. The normalized spacial score (nSPS) is 10.2. The molecule has 0 radical (unpaired) electrons. The molecule has 5 heteroatoms. The number of nitrogens with one attached hydrogen (secondary N) is 2. The van der Waals surface area contributed by atoms with Crippen LogP contribution in [0.15, 0.2) is 41.5 Å². The van der Waals surface area contributed by atoms with E-state index < -0.39 is 0 Å².